The lowest BCUT2D eigenvalue weighted by molar-refractivity contribution is 0.0953. The largest absolute Gasteiger partial charge is 0.352 e. The fraction of sp³-hybridized carbons (Fsp3) is 0.318. The fourth-order valence-corrected chi connectivity index (χ4v) is 3.10. The first-order valence-electron chi connectivity index (χ1n) is 9.41. The van der Waals surface area contributed by atoms with E-state index in [0.29, 0.717) is 23.4 Å². The summed E-state index contributed by atoms with van der Waals surface area (Å²) in [6.45, 7) is 2.59. The number of hydrogen-bond acceptors (Lipinski definition) is 3. The Morgan fingerprint density at radius 3 is 2.48 bits per heavy atom. The lowest BCUT2D eigenvalue weighted by atomic mass is 9.97. The van der Waals surface area contributed by atoms with Crippen molar-refractivity contribution in [3.05, 3.63) is 71.1 Å². The van der Waals surface area contributed by atoms with Crippen molar-refractivity contribution in [2.75, 3.05) is 11.9 Å². The number of aryl methyl sites for hydroxylation is 1. The number of aromatic nitrogens is 1. The minimum atomic E-state index is -0.284. The van der Waals surface area contributed by atoms with E-state index in [1.54, 1.807) is 6.07 Å². The second-order valence-electron chi connectivity index (χ2n) is 6.90. The number of rotatable bonds is 6. The van der Waals surface area contributed by atoms with E-state index in [1.165, 1.54) is 30.8 Å². The van der Waals surface area contributed by atoms with Gasteiger partial charge in [0, 0.05) is 24.6 Å². The highest BCUT2D eigenvalue weighted by molar-refractivity contribution is 6.05. The van der Waals surface area contributed by atoms with Crippen molar-refractivity contribution >= 4 is 17.5 Å². The molecule has 1 aliphatic carbocycles. The summed E-state index contributed by atoms with van der Waals surface area (Å²) >= 11 is 0. The number of allylic oxidation sites excluding steroid dienone is 1. The minimum Gasteiger partial charge on any atom is -0.352 e. The van der Waals surface area contributed by atoms with Crippen molar-refractivity contribution in [3.63, 3.8) is 0 Å². The van der Waals surface area contributed by atoms with Crippen LogP contribution in [0.15, 0.2) is 54.4 Å². The molecular formula is C22H25N3O2. The van der Waals surface area contributed by atoms with Crippen LogP contribution >= 0.6 is 0 Å². The van der Waals surface area contributed by atoms with E-state index in [2.05, 4.69) is 21.7 Å². The molecule has 1 aromatic carbocycles. The molecule has 3 rings (SSSR count). The second kappa shape index (κ2) is 9.12. The number of pyridine rings is 1. The molecule has 0 saturated heterocycles. The molecule has 2 amide bonds. The van der Waals surface area contributed by atoms with Crippen LogP contribution in [-0.4, -0.2) is 23.3 Å². The Labute approximate surface area is 159 Å². The van der Waals surface area contributed by atoms with Gasteiger partial charge in [-0.15, -0.1) is 0 Å². The van der Waals surface area contributed by atoms with Crippen molar-refractivity contribution in [1.82, 2.24) is 10.3 Å². The highest BCUT2D eigenvalue weighted by Gasteiger charge is 2.12. The van der Waals surface area contributed by atoms with Crippen LogP contribution in [0.25, 0.3) is 0 Å². The van der Waals surface area contributed by atoms with Crippen LogP contribution in [0.2, 0.25) is 0 Å². The van der Waals surface area contributed by atoms with Crippen LogP contribution in [0.3, 0.4) is 0 Å². The summed E-state index contributed by atoms with van der Waals surface area (Å²) in [7, 11) is 0. The fourth-order valence-electron chi connectivity index (χ4n) is 3.10. The molecule has 5 heteroatoms. The van der Waals surface area contributed by atoms with Crippen LogP contribution < -0.4 is 10.6 Å². The van der Waals surface area contributed by atoms with E-state index >= 15 is 0 Å². The molecule has 0 spiro atoms. The summed E-state index contributed by atoms with van der Waals surface area (Å²) in [6, 6.07) is 9.12. The highest BCUT2D eigenvalue weighted by Crippen LogP contribution is 2.19. The summed E-state index contributed by atoms with van der Waals surface area (Å²) in [5, 5.41) is 5.74. The van der Waals surface area contributed by atoms with E-state index in [1.807, 2.05) is 31.2 Å². The number of benzene rings is 1. The zero-order valence-corrected chi connectivity index (χ0v) is 15.6. The molecule has 0 atom stereocenters. The van der Waals surface area contributed by atoms with Gasteiger partial charge in [0.25, 0.3) is 11.8 Å². The van der Waals surface area contributed by atoms with Gasteiger partial charge in [0.15, 0.2) is 0 Å². The van der Waals surface area contributed by atoms with E-state index in [9.17, 15) is 9.59 Å². The third-order valence-electron chi connectivity index (χ3n) is 4.69. The average molecular weight is 363 g/mol. The van der Waals surface area contributed by atoms with E-state index < -0.39 is 0 Å². The minimum absolute atomic E-state index is 0.205. The maximum Gasteiger partial charge on any atom is 0.257 e. The number of hydrogen-bond donors (Lipinski definition) is 2. The van der Waals surface area contributed by atoms with E-state index in [0.717, 1.165) is 24.8 Å². The Balaban J connectivity index is 1.57. The van der Waals surface area contributed by atoms with Crippen molar-refractivity contribution in [2.45, 2.75) is 39.0 Å². The molecule has 2 N–H and O–H groups in total. The summed E-state index contributed by atoms with van der Waals surface area (Å²) in [6.07, 6.45) is 10.9. The molecule has 1 aromatic heterocycles. The Morgan fingerprint density at radius 1 is 1.04 bits per heavy atom. The molecule has 1 heterocycles. The lowest BCUT2D eigenvalue weighted by Gasteiger charge is -2.13. The number of nitrogens with zero attached hydrogens (tertiary/aromatic N) is 1. The molecule has 2 aromatic rings. The third-order valence-corrected chi connectivity index (χ3v) is 4.69. The summed E-state index contributed by atoms with van der Waals surface area (Å²) in [4.78, 5) is 28.8. The first-order valence-corrected chi connectivity index (χ1v) is 9.41. The molecule has 0 unspecified atom stereocenters. The van der Waals surface area contributed by atoms with Crippen molar-refractivity contribution in [3.8, 4) is 0 Å². The lowest BCUT2D eigenvalue weighted by Crippen LogP contribution is -2.25. The van der Waals surface area contributed by atoms with Crippen molar-refractivity contribution < 1.29 is 9.59 Å². The van der Waals surface area contributed by atoms with Crippen LogP contribution in [0, 0.1) is 6.92 Å². The van der Waals surface area contributed by atoms with Gasteiger partial charge >= 0.3 is 0 Å². The summed E-state index contributed by atoms with van der Waals surface area (Å²) < 4.78 is 0. The number of anilines is 1. The van der Waals surface area contributed by atoms with Crippen molar-refractivity contribution in [2.24, 2.45) is 0 Å². The van der Waals surface area contributed by atoms with Gasteiger partial charge < -0.3 is 10.6 Å². The predicted octanol–water partition coefficient (Wildman–Crippen LogP) is 4.26. The summed E-state index contributed by atoms with van der Waals surface area (Å²) in [5.74, 6) is -0.489. The van der Waals surface area contributed by atoms with Gasteiger partial charge in [-0.2, -0.15) is 0 Å². The van der Waals surface area contributed by atoms with E-state index in [4.69, 9.17) is 0 Å². The van der Waals surface area contributed by atoms with Crippen LogP contribution in [0.4, 0.5) is 5.69 Å². The zero-order chi connectivity index (χ0) is 19.1. The van der Waals surface area contributed by atoms with Gasteiger partial charge in [-0.05, 0) is 57.2 Å². The Kier molecular flexibility index (Phi) is 6.36. The molecule has 1 aliphatic rings. The molecular weight excluding hydrogens is 338 g/mol. The van der Waals surface area contributed by atoms with Gasteiger partial charge in [0.2, 0.25) is 0 Å². The normalized spacial score (nSPS) is 13.6. The molecule has 0 fully saturated rings. The second-order valence-corrected chi connectivity index (χ2v) is 6.90. The maximum absolute atomic E-state index is 12.4. The summed E-state index contributed by atoms with van der Waals surface area (Å²) in [5.41, 5.74) is 4.01. The Bertz CT molecular complexity index is 841. The topological polar surface area (TPSA) is 71.1 Å². The quantitative estimate of drug-likeness (QED) is 0.753. The van der Waals surface area contributed by atoms with Crippen molar-refractivity contribution in [1.29, 1.82) is 0 Å². The van der Waals surface area contributed by atoms with Gasteiger partial charge in [0.05, 0.1) is 11.1 Å². The number of carbonyl (C=O) groups excluding carboxylic acids is 2. The number of nitrogens with one attached hydrogen (secondary N) is 2. The molecule has 0 aliphatic heterocycles. The number of carbonyl (C=O) groups is 2. The van der Waals surface area contributed by atoms with Crippen LogP contribution in [0.1, 0.15) is 58.4 Å². The highest BCUT2D eigenvalue weighted by atomic mass is 16.2. The standard InChI is InChI=1S/C22H25N3O2/c1-16-7-9-20(10-8-16)25-22(27)19-13-18(14-23-15-19)21(26)24-12-11-17-5-3-2-4-6-17/h5,7-10,13-15H,2-4,6,11-12H2,1H3,(H,24,26)(H,25,27). The Hall–Kier alpha value is -2.95. The third kappa shape index (κ3) is 5.51. The first-order chi connectivity index (χ1) is 13.1. The molecule has 27 heavy (non-hydrogen) atoms. The van der Waals surface area contributed by atoms with Gasteiger partial charge in [-0.25, -0.2) is 0 Å². The van der Waals surface area contributed by atoms with E-state index in [-0.39, 0.29) is 11.8 Å². The smallest absolute Gasteiger partial charge is 0.257 e. The maximum atomic E-state index is 12.4. The monoisotopic (exact) mass is 363 g/mol. The molecule has 140 valence electrons. The van der Waals surface area contributed by atoms with Crippen LogP contribution in [0.5, 0.6) is 0 Å². The zero-order valence-electron chi connectivity index (χ0n) is 15.6. The van der Waals surface area contributed by atoms with Gasteiger partial charge in [-0.3, -0.25) is 14.6 Å². The molecule has 0 radical (unpaired) electrons. The first kappa shape index (κ1) is 18.8. The predicted molar refractivity (Wildman–Crippen MR) is 107 cm³/mol. The molecule has 0 bridgehead atoms. The Morgan fingerprint density at radius 2 is 1.78 bits per heavy atom. The van der Waals surface area contributed by atoms with Crippen LogP contribution in [-0.2, 0) is 0 Å². The molecule has 5 nitrogen and oxygen atoms in total. The molecule has 0 saturated carbocycles. The number of amides is 2. The SMILES string of the molecule is Cc1ccc(NC(=O)c2cncc(C(=O)NCCC3=CCCCC3)c2)cc1. The average Bonchev–Trinajstić information content (AvgIpc) is 2.70. The van der Waals surface area contributed by atoms with Gasteiger partial charge in [0.1, 0.15) is 0 Å². The van der Waals surface area contributed by atoms with Gasteiger partial charge in [-0.1, -0.05) is 29.3 Å².